The van der Waals surface area contributed by atoms with E-state index in [4.69, 9.17) is 4.74 Å². The molecule has 1 aromatic carbocycles. The Morgan fingerprint density at radius 2 is 1.87 bits per heavy atom. The number of piperidine rings is 1. The van der Waals surface area contributed by atoms with Crippen molar-refractivity contribution in [3.63, 3.8) is 0 Å². The van der Waals surface area contributed by atoms with Crippen LogP contribution in [0.2, 0.25) is 0 Å². The van der Waals surface area contributed by atoms with Crippen LogP contribution >= 0.6 is 0 Å². The van der Waals surface area contributed by atoms with Crippen molar-refractivity contribution in [3.8, 4) is 17.0 Å². The van der Waals surface area contributed by atoms with Crippen LogP contribution in [0.3, 0.4) is 0 Å². The number of halogens is 1. The van der Waals surface area contributed by atoms with Crippen LogP contribution < -0.4 is 9.64 Å². The van der Waals surface area contributed by atoms with Crippen LogP contribution in [0.4, 0.5) is 10.2 Å². The van der Waals surface area contributed by atoms with Gasteiger partial charge in [0.15, 0.2) is 0 Å². The summed E-state index contributed by atoms with van der Waals surface area (Å²) >= 11 is 0. The van der Waals surface area contributed by atoms with Crippen molar-refractivity contribution in [2.24, 2.45) is 0 Å². The summed E-state index contributed by atoms with van der Waals surface area (Å²) in [7, 11) is 1.47. The summed E-state index contributed by atoms with van der Waals surface area (Å²) in [6.45, 7) is 0. The number of nitrogens with zero attached hydrogens (tertiary/aromatic N) is 3. The molecule has 1 aliphatic rings. The third kappa shape index (κ3) is 2.90. The van der Waals surface area contributed by atoms with E-state index >= 15 is 0 Å². The monoisotopic (exact) mass is 315 g/mol. The van der Waals surface area contributed by atoms with Crippen LogP contribution in [-0.4, -0.2) is 28.9 Å². The van der Waals surface area contributed by atoms with Crippen molar-refractivity contribution in [3.05, 3.63) is 36.4 Å². The van der Waals surface area contributed by atoms with Gasteiger partial charge in [-0.1, -0.05) is 0 Å². The van der Waals surface area contributed by atoms with Crippen LogP contribution in [0.15, 0.2) is 30.6 Å². The lowest BCUT2D eigenvalue weighted by atomic mass is 10.1. The molecule has 0 saturated carbocycles. The number of rotatable bonds is 3. The summed E-state index contributed by atoms with van der Waals surface area (Å²) in [5.74, 6) is -0.399. The molecular formula is C16H14FN3O3. The number of hydrogen-bond donors (Lipinski definition) is 0. The fourth-order valence-corrected chi connectivity index (χ4v) is 2.51. The van der Waals surface area contributed by atoms with Crippen LogP contribution in [0.1, 0.15) is 19.3 Å². The summed E-state index contributed by atoms with van der Waals surface area (Å²) in [6.07, 6.45) is 2.39. The van der Waals surface area contributed by atoms with E-state index in [2.05, 4.69) is 9.97 Å². The number of hydrogen-bond acceptors (Lipinski definition) is 5. The first kappa shape index (κ1) is 15.1. The lowest BCUT2D eigenvalue weighted by Gasteiger charge is -2.23. The van der Waals surface area contributed by atoms with E-state index < -0.39 is 5.82 Å². The molecule has 0 radical (unpaired) electrons. The Bertz CT molecular complexity index is 763. The number of anilines is 1. The Labute approximate surface area is 131 Å². The van der Waals surface area contributed by atoms with Gasteiger partial charge in [0, 0.05) is 24.5 Å². The quantitative estimate of drug-likeness (QED) is 0.813. The van der Waals surface area contributed by atoms with Gasteiger partial charge in [-0.3, -0.25) is 9.59 Å². The Morgan fingerprint density at radius 1 is 1.13 bits per heavy atom. The first-order valence-electron chi connectivity index (χ1n) is 7.12. The average molecular weight is 315 g/mol. The minimum Gasteiger partial charge on any atom is -0.496 e. The zero-order valence-electron chi connectivity index (χ0n) is 12.5. The molecule has 3 rings (SSSR count). The lowest BCUT2D eigenvalue weighted by Crippen LogP contribution is -2.40. The maximum Gasteiger partial charge on any atom is 0.234 e. The molecule has 0 unspecified atom stereocenters. The average Bonchev–Trinajstić information content (AvgIpc) is 2.55. The minimum atomic E-state index is -0.439. The van der Waals surface area contributed by atoms with Crippen molar-refractivity contribution in [1.29, 1.82) is 0 Å². The van der Waals surface area contributed by atoms with Crippen LogP contribution in [0.5, 0.6) is 5.75 Å². The molecule has 6 nitrogen and oxygen atoms in total. The molecule has 0 atom stereocenters. The Hall–Kier alpha value is -2.83. The van der Waals surface area contributed by atoms with E-state index in [1.807, 2.05) is 0 Å². The maximum atomic E-state index is 13.5. The first-order valence-corrected chi connectivity index (χ1v) is 7.12. The maximum absolute atomic E-state index is 13.5. The van der Waals surface area contributed by atoms with Gasteiger partial charge >= 0.3 is 0 Å². The molecule has 0 aliphatic carbocycles. The van der Waals surface area contributed by atoms with Crippen LogP contribution in [-0.2, 0) is 9.59 Å². The van der Waals surface area contributed by atoms with Crippen molar-refractivity contribution in [2.45, 2.75) is 19.3 Å². The molecule has 118 valence electrons. The van der Waals surface area contributed by atoms with Gasteiger partial charge in [-0.25, -0.2) is 19.3 Å². The van der Waals surface area contributed by atoms with E-state index in [-0.39, 0.29) is 17.6 Å². The van der Waals surface area contributed by atoms with E-state index in [0.29, 0.717) is 36.3 Å². The first-order chi connectivity index (χ1) is 11.1. The SMILES string of the molecule is COc1ccc(F)cc1-c1cc(N2C(=O)CCCC2=O)ncn1. The van der Waals surface area contributed by atoms with Crippen LogP contribution in [0, 0.1) is 5.82 Å². The molecule has 2 heterocycles. The standard InChI is InChI=1S/C16H14FN3O3/c1-23-13-6-5-10(17)7-11(13)12-8-14(19-9-18-12)20-15(21)3-2-4-16(20)22/h5-9H,2-4H2,1H3. The molecule has 0 bridgehead atoms. The molecule has 1 saturated heterocycles. The Balaban J connectivity index is 2.05. The smallest absolute Gasteiger partial charge is 0.234 e. The van der Waals surface area contributed by atoms with Crippen molar-refractivity contribution < 1.29 is 18.7 Å². The van der Waals surface area contributed by atoms with Crippen molar-refractivity contribution >= 4 is 17.6 Å². The Morgan fingerprint density at radius 3 is 2.57 bits per heavy atom. The summed E-state index contributed by atoms with van der Waals surface area (Å²) < 4.78 is 18.7. The molecule has 0 N–H and O–H groups in total. The van der Waals surface area contributed by atoms with Gasteiger partial charge in [-0.2, -0.15) is 0 Å². The minimum absolute atomic E-state index is 0.191. The summed E-state index contributed by atoms with van der Waals surface area (Å²) in [6, 6.07) is 5.54. The number of aromatic nitrogens is 2. The zero-order valence-corrected chi connectivity index (χ0v) is 12.5. The summed E-state index contributed by atoms with van der Waals surface area (Å²) in [5.41, 5.74) is 0.797. The molecule has 1 aromatic heterocycles. The number of methoxy groups -OCH3 is 1. The third-order valence-electron chi connectivity index (χ3n) is 3.60. The van der Waals surface area contributed by atoms with Gasteiger partial charge in [-0.05, 0) is 24.6 Å². The molecule has 2 aromatic rings. The number of amides is 2. The Kier molecular flexibility index (Phi) is 4.01. The number of benzene rings is 1. The molecule has 23 heavy (non-hydrogen) atoms. The zero-order chi connectivity index (χ0) is 16.4. The predicted octanol–water partition coefficient (Wildman–Crippen LogP) is 2.33. The van der Waals surface area contributed by atoms with Gasteiger partial charge in [0.1, 0.15) is 23.7 Å². The molecule has 2 amide bonds. The highest BCUT2D eigenvalue weighted by Gasteiger charge is 2.28. The van der Waals surface area contributed by atoms with Crippen molar-refractivity contribution in [2.75, 3.05) is 12.0 Å². The van der Waals surface area contributed by atoms with Gasteiger partial charge < -0.3 is 4.74 Å². The predicted molar refractivity (Wildman–Crippen MR) is 80.3 cm³/mol. The van der Waals surface area contributed by atoms with E-state index in [1.54, 1.807) is 0 Å². The number of imide groups is 1. The van der Waals surface area contributed by atoms with E-state index in [1.165, 1.54) is 37.7 Å². The molecule has 0 spiro atoms. The highest BCUT2D eigenvalue weighted by molar-refractivity contribution is 6.15. The second-order valence-electron chi connectivity index (χ2n) is 5.08. The highest BCUT2D eigenvalue weighted by Crippen LogP contribution is 2.31. The van der Waals surface area contributed by atoms with Gasteiger partial charge in [0.05, 0.1) is 12.8 Å². The largest absolute Gasteiger partial charge is 0.496 e. The van der Waals surface area contributed by atoms with Crippen LogP contribution in [0.25, 0.3) is 11.3 Å². The molecule has 1 aliphatic heterocycles. The fraction of sp³-hybridized carbons (Fsp3) is 0.250. The molecular weight excluding hydrogens is 301 g/mol. The second-order valence-corrected chi connectivity index (χ2v) is 5.08. The highest BCUT2D eigenvalue weighted by atomic mass is 19.1. The van der Waals surface area contributed by atoms with Gasteiger partial charge in [-0.15, -0.1) is 0 Å². The molecule has 7 heteroatoms. The van der Waals surface area contributed by atoms with E-state index in [0.717, 1.165) is 4.90 Å². The topological polar surface area (TPSA) is 72.4 Å². The normalized spacial score (nSPS) is 15.0. The number of carbonyl (C=O) groups excluding carboxylic acids is 2. The van der Waals surface area contributed by atoms with E-state index in [9.17, 15) is 14.0 Å². The third-order valence-corrected chi connectivity index (χ3v) is 3.60. The lowest BCUT2D eigenvalue weighted by molar-refractivity contribution is -0.129. The second kappa shape index (κ2) is 6.12. The summed E-state index contributed by atoms with van der Waals surface area (Å²) in [4.78, 5) is 33.1. The number of carbonyl (C=O) groups is 2. The summed E-state index contributed by atoms with van der Waals surface area (Å²) in [5, 5.41) is 0. The van der Waals surface area contributed by atoms with Crippen molar-refractivity contribution in [1.82, 2.24) is 9.97 Å². The van der Waals surface area contributed by atoms with Gasteiger partial charge in [0.2, 0.25) is 11.8 Å². The number of ether oxygens (including phenoxy) is 1. The molecule has 1 fully saturated rings. The fourth-order valence-electron chi connectivity index (χ4n) is 2.51. The van der Waals surface area contributed by atoms with Gasteiger partial charge in [0.25, 0.3) is 0 Å².